The maximum absolute atomic E-state index is 13.6. The maximum atomic E-state index is 13.6. The Hall–Kier alpha value is -3.46. The first-order chi connectivity index (χ1) is 17.3. The highest BCUT2D eigenvalue weighted by atomic mass is 79.9. The number of nitrogens with one attached hydrogen (secondary N) is 1. The van der Waals surface area contributed by atoms with Crippen molar-refractivity contribution in [2.24, 2.45) is 5.92 Å². The van der Waals surface area contributed by atoms with Gasteiger partial charge >= 0.3 is 0 Å². The van der Waals surface area contributed by atoms with Crippen LogP contribution in [0.4, 0.5) is 5.69 Å². The molecular weight excluding hydrogens is 522 g/mol. The van der Waals surface area contributed by atoms with Crippen molar-refractivity contribution in [1.29, 1.82) is 0 Å². The number of hydrogen-bond donors (Lipinski definition) is 3. The summed E-state index contributed by atoms with van der Waals surface area (Å²) >= 11 is 3.46. The molecule has 0 bridgehead atoms. The number of fused-ring (bicyclic) bond motifs is 2. The zero-order valence-corrected chi connectivity index (χ0v) is 21.3. The Balaban J connectivity index is 1.45. The number of nitrogens with zero attached hydrogens (tertiary/aromatic N) is 2. The molecule has 3 N–H and O–H groups in total. The van der Waals surface area contributed by atoms with Gasteiger partial charge in [0.1, 0.15) is 0 Å². The van der Waals surface area contributed by atoms with Gasteiger partial charge in [-0.3, -0.25) is 14.7 Å². The van der Waals surface area contributed by atoms with Gasteiger partial charge in [-0.2, -0.15) is 0 Å². The molecule has 0 unspecified atom stereocenters. The van der Waals surface area contributed by atoms with Crippen LogP contribution in [0.5, 0.6) is 0 Å². The number of anilines is 1. The minimum absolute atomic E-state index is 0.00445. The van der Waals surface area contributed by atoms with Crippen molar-refractivity contribution < 1.29 is 15.0 Å². The molecule has 36 heavy (non-hydrogen) atoms. The molecule has 5 rings (SSSR count). The molecule has 1 aliphatic rings. The highest BCUT2D eigenvalue weighted by Crippen LogP contribution is 2.46. The molecule has 0 saturated carbocycles. The normalized spacial score (nSPS) is 18.3. The van der Waals surface area contributed by atoms with E-state index in [2.05, 4.69) is 21.0 Å². The van der Waals surface area contributed by atoms with Crippen molar-refractivity contribution in [2.75, 3.05) is 11.5 Å². The fraction of sp³-hybridized carbons (Fsp3) is 0.214. The smallest absolute Gasteiger partial charge is 0.279 e. The molecule has 2 atom stereocenters. The van der Waals surface area contributed by atoms with E-state index in [1.165, 1.54) is 4.68 Å². The quantitative estimate of drug-likeness (QED) is 0.299. The van der Waals surface area contributed by atoms with Crippen LogP contribution in [-0.4, -0.2) is 32.5 Å². The predicted octanol–water partition coefficient (Wildman–Crippen LogP) is 4.39. The Morgan fingerprint density at radius 2 is 1.83 bits per heavy atom. The first-order valence-electron chi connectivity index (χ1n) is 11.8. The Labute approximate surface area is 216 Å². The summed E-state index contributed by atoms with van der Waals surface area (Å²) in [7, 11) is 0. The average Bonchev–Trinajstić information content (AvgIpc) is 3.33. The zero-order chi connectivity index (χ0) is 25.4. The first kappa shape index (κ1) is 24.2. The summed E-state index contributed by atoms with van der Waals surface area (Å²) in [6.07, 6.45) is 4.01. The van der Waals surface area contributed by atoms with Gasteiger partial charge in [-0.25, -0.2) is 4.68 Å². The number of benzene rings is 3. The molecule has 0 aliphatic carbocycles. The van der Waals surface area contributed by atoms with E-state index in [1.54, 1.807) is 36.1 Å². The van der Waals surface area contributed by atoms with Crippen LogP contribution >= 0.6 is 15.9 Å². The van der Waals surface area contributed by atoms with E-state index in [4.69, 9.17) is 5.11 Å². The molecule has 0 saturated heterocycles. The zero-order valence-electron chi connectivity index (χ0n) is 19.7. The number of hydrogen-bond acceptors (Lipinski definition) is 4. The van der Waals surface area contributed by atoms with Gasteiger partial charge in [-0.15, -0.1) is 0 Å². The van der Waals surface area contributed by atoms with Gasteiger partial charge in [0.15, 0.2) is 5.60 Å². The summed E-state index contributed by atoms with van der Waals surface area (Å²) in [4.78, 5) is 28.0. The van der Waals surface area contributed by atoms with Crippen LogP contribution in [0.3, 0.4) is 0 Å². The summed E-state index contributed by atoms with van der Waals surface area (Å²) < 4.78 is 2.27. The molecule has 3 aromatic carbocycles. The molecular formula is C28H26BrN3O4. The third kappa shape index (κ3) is 4.01. The molecule has 1 aromatic heterocycles. The number of carbonyl (C=O) groups excluding carboxylic acids is 1. The largest absolute Gasteiger partial charge is 0.396 e. The molecule has 0 spiro atoms. The molecule has 2 heterocycles. The number of rotatable bonds is 7. The number of aromatic amines is 1. The molecule has 7 nitrogen and oxygen atoms in total. The second kappa shape index (κ2) is 9.54. The standard InChI is InChI=1S/C28H26BrN3O4/c1-18(6-4-5-15-33)28(36)23-16-20(29)11-14-25(23)31(27(28)35)17-19-9-12-21(13-10-19)32-26(34)22-7-2-3-8-24(22)30-32/h2-4,6-14,16,18,30,33,36H,5,15,17H2,1H3/b6-4+/t18-,28+/m1/s1. The number of H-pyrrole nitrogens is 1. The minimum atomic E-state index is -1.72. The van der Waals surface area contributed by atoms with Gasteiger partial charge in [0.2, 0.25) is 0 Å². The third-order valence-corrected chi connectivity index (χ3v) is 7.23. The average molecular weight is 548 g/mol. The van der Waals surface area contributed by atoms with Crippen molar-refractivity contribution in [3.8, 4) is 5.69 Å². The van der Waals surface area contributed by atoms with Crippen LogP contribution < -0.4 is 10.5 Å². The van der Waals surface area contributed by atoms with Crippen LogP contribution in [-0.2, 0) is 16.9 Å². The molecule has 0 fully saturated rings. The van der Waals surface area contributed by atoms with Crippen molar-refractivity contribution in [3.05, 3.63) is 105 Å². The van der Waals surface area contributed by atoms with E-state index >= 15 is 0 Å². The van der Waals surface area contributed by atoms with E-state index in [9.17, 15) is 14.7 Å². The number of aliphatic hydroxyl groups excluding tert-OH is 1. The topological polar surface area (TPSA) is 98.6 Å². The van der Waals surface area contributed by atoms with E-state index in [-0.39, 0.29) is 18.7 Å². The van der Waals surface area contributed by atoms with Crippen LogP contribution in [0.2, 0.25) is 0 Å². The van der Waals surface area contributed by atoms with Crippen LogP contribution in [0.1, 0.15) is 24.5 Å². The van der Waals surface area contributed by atoms with Gasteiger partial charge in [-0.1, -0.05) is 59.3 Å². The summed E-state index contributed by atoms with van der Waals surface area (Å²) in [5.41, 5.74) is 1.67. The molecule has 8 heteroatoms. The highest BCUT2D eigenvalue weighted by Gasteiger charge is 2.52. The lowest BCUT2D eigenvalue weighted by Gasteiger charge is -2.27. The minimum Gasteiger partial charge on any atom is -0.396 e. The van der Waals surface area contributed by atoms with E-state index in [0.29, 0.717) is 28.7 Å². The molecule has 4 aromatic rings. The van der Waals surface area contributed by atoms with Gasteiger partial charge < -0.3 is 15.1 Å². The number of aliphatic hydroxyl groups is 2. The maximum Gasteiger partial charge on any atom is 0.279 e. The third-order valence-electron chi connectivity index (χ3n) is 6.74. The van der Waals surface area contributed by atoms with Crippen molar-refractivity contribution in [2.45, 2.75) is 25.5 Å². The Morgan fingerprint density at radius 1 is 1.08 bits per heavy atom. The summed E-state index contributed by atoms with van der Waals surface area (Å²) in [5.74, 6) is -0.890. The molecule has 1 aliphatic heterocycles. The number of carbonyl (C=O) groups is 1. The summed E-state index contributed by atoms with van der Waals surface area (Å²) in [6.45, 7) is 2.07. The Morgan fingerprint density at radius 3 is 2.56 bits per heavy atom. The van der Waals surface area contributed by atoms with Crippen LogP contribution in [0, 0.1) is 5.92 Å². The van der Waals surface area contributed by atoms with Crippen molar-refractivity contribution >= 4 is 38.4 Å². The number of halogens is 1. The van der Waals surface area contributed by atoms with E-state index < -0.39 is 17.4 Å². The Kier molecular flexibility index (Phi) is 6.42. The molecule has 1 amide bonds. The lowest BCUT2D eigenvalue weighted by molar-refractivity contribution is -0.139. The summed E-state index contributed by atoms with van der Waals surface area (Å²) in [5, 5.41) is 24.5. The monoisotopic (exact) mass is 547 g/mol. The predicted molar refractivity (Wildman–Crippen MR) is 143 cm³/mol. The van der Waals surface area contributed by atoms with Crippen molar-refractivity contribution in [1.82, 2.24) is 9.78 Å². The van der Waals surface area contributed by atoms with E-state index in [0.717, 1.165) is 15.6 Å². The Bertz CT molecular complexity index is 1520. The molecule has 0 radical (unpaired) electrons. The second-order valence-electron chi connectivity index (χ2n) is 9.01. The fourth-order valence-corrected chi connectivity index (χ4v) is 5.13. The van der Waals surface area contributed by atoms with Crippen molar-refractivity contribution in [3.63, 3.8) is 0 Å². The van der Waals surface area contributed by atoms with Crippen LogP contribution in [0.15, 0.2) is 88.1 Å². The van der Waals surface area contributed by atoms with Crippen LogP contribution in [0.25, 0.3) is 16.6 Å². The second-order valence-corrected chi connectivity index (χ2v) is 9.93. The van der Waals surface area contributed by atoms with Gasteiger partial charge in [0.05, 0.1) is 28.8 Å². The summed E-state index contributed by atoms with van der Waals surface area (Å²) in [6, 6.07) is 20.2. The van der Waals surface area contributed by atoms with Gasteiger partial charge in [0, 0.05) is 22.6 Å². The molecule has 184 valence electrons. The number of para-hydroxylation sites is 1. The van der Waals surface area contributed by atoms with Gasteiger partial charge in [0.25, 0.3) is 11.5 Å². The number of amides is 1. The number of aromatic nitrogens is 2. The SMILES string of the molecule is C[C@H](/C=C/CCO)[C@@]1(O)C(=O)N(Cc2ccc(-n3[nH]c4ccccc4c3=O)cc2)c2ccc(Br)cc21. The van der Waals surface area contributed by atoms with Gasteiger partial charge in [-0.05, 0) is 54.4 Å². The fourth-order valence-electron chi connectivity index (χ4n) is 4.76. The lowest BCUT2D eigenvalue weighted by atomic mass is 9.83. The first-order valence-corrected chi connectivity index (χ1v) is 12.5. The lowest BCUT2D eigenvalue weighted by Crippen LogP contribution is -2.44. The highest BCUT2D eigenvalue weighted by molar-refractivity contribution is 9.10. The van der Waals surface area contributed by atoms with E-state index in [1.807, 2.05) is 54.6 Å².